The minimum atomic E-state index is -0.772. The van der Waals surface area contributed by atoms with Crippen LogP contribution < -0.4 is 28.1 Å². The fraction of sp³-hybridized carbons (Fsp3) is 0.174. The number of carbonyl (C=O) groups excluding carboxylic acids is 2. The number of aromatic nitrogens is 4. The summed E-state index contributed by atoms with van der Waals surface area (Å²) in [4.78, 5) is 47.3. The summed E-state index contributed by atoms with van der Waals surface area (Å²) in [5.41, 5.74) is 18.9. The van der Waals surface area contributed by atoms with E-state index < -0.39 is 18.0 Å². The van der Waals surface area contributed by atoms with Crippen molar-refractivity contribution in [1.29, 1.82) is 0 Å². The van der Waals surface area contributed by atoms with Crippen molar-refractivity contribution in [1.82, 2.24) is 25.3 Å². The van der Waals surface area contributed by atoms with E-state index in [9.17, 15) is 14.4 Å². The molecule has 4 aromatic rings. The Bertz CT molecular complexity index is 1290. The molecule has 9 N–H and O–H groups in total. The summed E-state index contributed by atoms with van der Waals surface area (Å²) < 4.78 is 0. The number of H-pyrrole nitrogens is 2. The van der Waals surface area contributed by atoms with Crippen LogP contribution in [0.2, 0.25) is 0 Å². The van der Waals surface area contributed by atoms with Crippen LogP contribution in [0.3, 0.4) is 0 Å². The first kappa shape index (κ1) is 24.1. The molecule has 0 saturated heterocycles. The zero-order chi connectivity index (χ0) is 24.5. The van der Waals surface area contributed by atoms with Crippen LogP contribution in [0, 0.1) is 0 Å². The molecule has 2 aromatic carbocycles. The van der Waals surface area contributed by atoms with Gasteiger partial charge >= 0.3 is 0 Å². The Hall–Kier alpha value is -4.51. The number of benzene rings is 2. The fourth-order valence-electron chi connectivity index (χ4n) is 3.17. The lowest BCUT2D eigenvalue weighted by Gasteiger charge is -2.18. The number of fused-ring (bicyclic) bond motifs is 1. The Labute approximate surface area is 194 Å². The van der Waals surface area contributed by atoms with Crippen LogP contribution in [0.15, 0.2) is 71.8 Å². The number of hydrogen-bond donors (Lipinski definition) is 6. The number of imidazole rings is 1. The smallest absolute Gasteiger partial charge is 0.278 e. The molecule has 2 amide bonds. The van der Waals surface area contributed by atoms with Crippen molar-refractivity contribution in [2.45, 2.75) is 24.9 Å². The first-order valence-corrected chi connectivity index (χ1v) is 10.5. The Morgan fingerprint density at radius 1 is 0.971 bits per heavy atom. The summed E-state index contributed by atoms with van der Waals surface area (Å²) in [6, 6.07) is 17.4. The Morgan fingerprint density at radius 2 is 1.56 bits per heavy atom. The van der Waals surface area contributed by atoms with E-state index in [4.69, 9.17) is 17.2 Å². The van der Waals surface area contributed by atoms with E-state index in [1.165, 1.54) is 6.33 Å². The minimum Gasteiger partial charge on any atom is -0.369 e. The summed E-state index contributed by atoms with van der Waals surface area (Å²) >= 11 is 0. The normalized spacial score (nSPS) is 12.3. The first-order chi connectivity index (χ1) is 16.3. The largest absolute Gasteiger partial charge is 0.369 e. The highest BCUT2D eigenvalue weighted by atomic mass is 16.2. The van der Waals surface area contributed by atoms with E-state index in [-0.39, 0.29) is 17.4 Å². The summed E-state index contributed by atoms with van der Waals surface area (Å²) in [7, 11) is 0. The second kappa shape index (κ2) is 11.4. The van der Waals surface area contributed by atoms with Gasteiger partial charge in [0.1, 0.15) is 6.04 Å². The molecule has 0 aliphatic heterocycles. The zero-order valence-electron chi connectivity index (χ0n) is 18.3. The number of nitrogens with two attached hydrogens (primary N) is 3. The molecule has 0 spiro atoms. The third-order valence-corrected chi connectivity index (χ3v) is 4.89. The first-order valence-electron chi connectivity index (χ1n) is 10.5. The number of aromatic amines is 2. The van der Waals surface area contributed by atoms with Gasteiger partial charge in [-0.2, -0.15) is 4.98 Å². The summed E-state index contributed by atoms with van der Waals surface area (Å²) in [6.07, 6.45) is 2.15. The van der Waals surface area contributed by atoms with Gasteiger partial charge in [0.2, 0.25) is 17.8 Å². The van der Waals surface area contributed by atoms with Crippen molar-refractivity contribution in [2.75, 3.05) is 5.73 Å². The molecule has 2 aromatic heterocycles. The number of rotatable bonds is 7. The van der Waals surface area contributed by atoms with Crippen molar-refractivity contribution >= 4 is 28.9 Å². The third kappa shape index (κ3) is 6.74. The number of nitrogen functional groups attached to an aromatic ring is 1. The quantitative estimate of drug-likeness (QED) is 0.222. The molecule has 0 bridgehead atoms. The van der Waals surface area contributed by atoms with Crippen LogP contribution in [0.4, 0.5) is 5.95 Å². The van der Waals surface area contributed by atoms with Crippen LogP contribution in [-0.4, -0.2) is 43.8 Å². The minimum absolute atomic E-state index is 0.0783. The van der Waals surface area contributed by atoms with Gasteiger partial charge in [0, 0.05) is 6.42 Å². The molecule has 0 unspecified atom stereocenters. The molecular weight excluding hydrogens is 436 g/mol. The molecule has 0 radical (unpaired) electrons. The standard InChI is InChI=1S/C18H21N3O2.C5H5N5O/c19-15(11-13-7-3-1-4-8-13)18(23)21-16(17(20)22)12-14-9-5-2-6-10-14;6-5-9-3-2(4(11)10-5)7-1-8-3/h1-10,15-16H,11-12,19H2,(H2,20,22)(H,21,23);1H,(H4,6,7,8,9,10,11)/t15-,16-;/m0./s1. The van der Waals surface area contributed by atoms with Gasteiger partial charge in [0.15, 0.2) is 11.2 Å². The maximum atomic E-state index is 12.2. The number of nitrogens with zero attached hydrogens (tertiary/aromatic N) is 2. The number of nitrogens with one attached hydrogen (secondary N) is 3. The summed E-state index contributed by atoms with van der Waals surface area (Å²) in [5, 5.41) is 2.65. The third-order valence-electron chi connectivity index (χ3n) is 4.89. The van der Waals surface area contributed by atoms with Gasteiger partial charge in [-0.3, -0.25) is 19.4 Å². The lowest BCUT2D eigenvalue weighted by atomic mass is 10.0. The molecule has 11 nitrogen and oxygen atoms in total. The van der Waals surface area contributed by atoms with Gasteiger partial charge in [0.05, 0.1) is 12.4 Å². The Kier molecular flexibility index (Phi) is 8.08. The fourth-order valence-corrected chi connectivity index (χ4v) is 3.17. The predicted octanol–water partition coefficient (Wildman–Crippen LogP) is -0.00240. The number of hydrogen-bond acceptors (Lipinski definition) is 7. The van der Waals surface area contributed by atoms with Crippen LogP contribution >= 0.6 is 0 Å². The van der Waals surface area contributed by atoms with Gasteiger partial charge in [-0.05, 0) is 17.5 Å². The lowest BCUT2D eigenvalue weighted by Crippen LogP contribution is -2.51. The summed E-state index contributed by atoms with van der Waals surface area (Å²) in [5.74, 6) is -0.878. The number of anilines is 1. The maximum absolute atomic E-state index is 12.2. The molecule has 0 saturated carbocycles. The van der Waals surface area contributed by atoms with Crippen LogP contribution in [-0.2, 0) is 22.4 Å². The molecule has 2 heterocycles. The van der Waals surface area contributed by atoms with Crippen molar-refractivity contribution in [2.24, 2.45) is 11.5 Å². The second-order valence-electron chi connectivity index (χ2n) is 7.50. The molecule has 176 valence electrons. The molecule has 34 heavy (non-hydrogen) atoms. The topological polar surface area (TPSA) is 199 Å². The summed E-state index contributed by atoms with van der Waals surface area (Å²) in [6.45, 7) is 0. The Morgan fingerprint density at radius 3 is 2.15 bits per heavy atom. The van der Waals surface area contributed by atoms with E-state index >= 15 is 0 Å². The van der Waals surface area contributed by atoms with Gasteiger partial charge in [-0.15, -0.1) is 0 Å². The van der Waals surface area contributed by atoms with E-state index in [1.807, 2.05) is 60.7 Å². The van der Waals surface area contributed by atoms with Gasteiger partial charge in [0.25, 0.3) is 5.56 Å². The van der Waals surface area contributed by atoms with Crippen LogP contribution in [0.1, 0.15) is 11.1 Å². The molecule has 0 aliphatic rings. The molecule has 0 fully saturated rings. The van der Waals surface area contributed by atoms with Gasteiger partial charge in [-0.1, -0.05) is 60.7 Å². The number of primary amides is 1. The average Bonchev–Trinajstić information content (AvgIpc) is 3.29. The monoisotopic (exact) mass is 462 g/mol. The van der Waals surface area contributed by atoms with Crippen molar-refractivity contribution in [3.63, 3.8) is 0 Å². The molecular formula is C23H26N8O3. The van der Waals surface area contributed by atoms with Crippen molar-refractivity contribution in [3.05, 3.63) is 88.5 Å². The SMILES string of the molecule is NC(=O)[C@H](Cc1ccccc1)NC(=O)[C@@H](N)Cc1ccccc1.Nc1nc2nc[nH]c2c(=O)[nH]1. The Balaban J connectivity index is 0.000000243. The van der Waals surface area contributed by atoms with E-state index in [1.54, 1.807) is 0 Å². The number of carbonyl (C=O) groups is 2. The van der Waals surface area contributed by atoms with Crippen LogP contribution in [0.5, 0.6) is 0 Å². The van der Waals surface area contributed by atoms with E-state index in [0.29, 0.717) is 24.0 Å². The van der Waals surface area contributed by atoms with Crippen molar-refractivity contribution < 1.29 is 9.59 Å². The molecule has 11 heteroatoms. The van der Waals surface area contributed by atoms with Gasteiger partial charge in [-0.25, -0.2) is 4.98 Å². The molecule has 0 aliphatic carbocycles. The highest BCUT2D eigenvalue weighted by Gasteiger charge is 2.22. The second-order valence-corrected chi connectivity index (χ2v) is 7.50. The van der Waals surface area contributed by atoms with Crippen LogP contribution in [0.25, 0.3) is 11.2 Å². The maximum Gasteiger partial charge on any atom is 0.278 e. The highest BCUT2D eigenvalue weighted by molar-refractivity contribution is 5.89. The lowest BCUT2D eigenvalue weighted by molar-refractivity contribution is -0.128. The van der Waals surface area contributed by atoms with Gasteiger partial charge < -0.3 is 27.5 Å². The average molecular weight is 463 g/mol. The zero-order valence-corrected chi connectivity index (χ0v) is 18.3. The molecule has 4 rings (SSSR count). The highest BCUT2D eigenvalue weighted by Crippen LogP contribution is 2.05. The van der Waals surface area contributed by atoms with Crippen molar-refractivity contribution in [3.8, 4) is 0 Å². The number of amides is 2. The molecule has 2 atom stereocenters. The predicted molar refractivity (Wildman–Crippen MR) is 128 cm³/mol. The van der Waals surface area contributed by atoms with E-state index in [0.717, 1.165) is 11.1 Å². The van der Waals surface area contributed by atoms with E-state index in [2.05, 4.69) is 25.3 Å².